The Morgan fingerprint density at radius 3 is 2.57 bits per heavy atom. The first-order chi connectivity index (χ1) is 16.8. The number of phenolic OH excluding ortho intramolecular Hbond substituents is 1. The number of ketones is 2. The van der Waals surface area contributed by atoms with Gasteiger partial charge in [-0.15, -0.1) is 0 Å². The SMILES string of the molecule is CCCN1C(=O)C2CC=C3C(c4cccc(OCC)c4O)C4=C(CC3C2C1=O)C(=O)C=C(C)C4=O. The number of rotatable bonds is 5. The Bertz CT molecular complexity index is 1250. The summed E-state index contributed by atoms with van der Waals surface area (Å²) in [6, 6.07) is 5.14. The minimum absolute atomic E-state index is 0.0798. The number of para-hydroxylation sites is 1. The maximum Gasteiger partial charge on any atom is 0.233 e. The monoisotopic (exact) mass is 475 g/mol. The second kappa shape index (κ2) is 8.63. The number of allylic oxidation sites excluding steroid dienone is 6. The number of nitrogens with zero attached hydrogens (tertiary/aromatic N) is 1. The number of carbonyl (C=O) groups excluding carboxylic acids is 4. The molecule has 1 saturated heterocycles. The zero-order chi connectivity index (χ0) is 25.0. The zero-order valence-electron chi connectivity index (χ0n) is 20.2. The summed E-state index contributed by atoms with van der Waals surface area (Å²) in [5, 5.41) is 11.1. The van der Waals surface area contributed by atoms with Crippen LogP contribution in [0.4, 0.5) is 0 Å². The van der Waals surface area contributed by atoms with Crippen LogP contribution in [-0.2, 0) is 19.2 Å². The fourth-order valence-corrected chi connectivity index (χ4v) is 6.27. The average Bonchev–Trinajstić information content (AvgIpc) is 3.08. The molecule has 1 aromatic rings. The highest BCUT2D eigenvalue weighted by atomic mass is 16.5. The number of amides is 2. The van der Waals surface area contributed by atoms with Crippen molar-refractivity contribution in [2.75, 3.05) is 13.2 Å². The van der Waals surface area contributed by atoms with Crippen LogP contribution in [0.1, 0.15) is 51.5 Å². The van der Waals surface area contributed by atoms with E-state index in [1.165, 1.54) is 11.0 Å². The van der Waals surface area contributed by atoms with E-state index < -0.39 is 23.7 Å². The van der Waals surface area contributed by atoms with Crippen molar-refractivity contribution in [3.05, 3.63) is 58.2 Å². The topological polar surface area (TPSA) is 101 Å². The minimum Gasteiger partial charge on any atom is -0.504 e. The third kappa shape index (κ3) is 3.39. The number of carbonyl (C=O) groups is 4. The number of imide groups is 1. The number of phenols is 1. The molecule has 7 nitrogen and oxygen atoms in total. The fraction of sp³-hybridized carbons (Fsp3) is 0.429. The molecule has 1 heterocycles. The van der Waals surface area contributed by atoms with Crippen molar-refractivity contribution in [2.45, 2.75) is 46.0 Å². The van der Waals surface area contributed by atoms with Crippen LogP contribution >= 0.6 is 0 Å². The second-order valence-corrected chi connectivity index (χ2v) is 9.68. The summed E-state index contributed by atoms with van der Waals surface area (Å²) in [6.07, 6.45) is 4.62. The zero-order valence-corrected chi connectivity index (χ0v) is 20.2. The highest BCUT2D eigenvalue weighted by Gasteiger charge is 2.56. The van der Waals surface area contributed by atoms with Gasteiger partial charge in [0.25, 0.3) is 0 Å². The molecule has 1 aromatic carbocycles. The number of hydrogen-bond acceptors (Lipinski definition) is 6. The van der Waals surface area contributed by atoms with Gasteiger partial charge in [-0.2, -0.15) is 0 Å². The van der Waals surface area contributed by atoms with Crippen LogP contribution in [0.15, 0.2) is 52.6 Å². The van der Waals surface area contributed by atoms with Gasteiger partial charge >= 0.3 is 0 Å². The van der Waals surface area contributed by atoms with Gasteiger partial charge in [-0.05, 0) is 51.2 Å². The van der Waals surface area contributed by atoms with Gasteiger partial charge in [-0.3, -0.25) is 24.1 Å². The smallest absolute Gasteiger partial charge is 0.233 e. The molecule has 1 N–H and O–H groups in total. The van der Waals surface area contributed by atoms with Gasteiger partial charge in [0, 0.05) is 34.7 Å². The van der Waals surface area contributed by atoms with Gasteiger partial charge in [-0.1, -0.05) is 30.7 Å². The maximum absolute atomic E-state index is 13.4. The quantitative estimate of drug-likeness (QED) is 0.397. The molecule has 2 amide bonds. The first-order valence-electron chi connectivity index (χ1n) is 12.3. The van der Waals surface area contributed by atoms with E-state index in [9.17, 15) is 24.3 Å². The average molecular weight is 476 g/mol. The van der Waals surface area contributed by atoms with E-state index in [0.717, 1.165) is 5.57 Å². The summed E-state index contributed by atoms with van der Waals surface area (Å²) in [6.45, 7) is 6.09. The Hall–Kier alpha value is -3.48. The van der Waals surface area contributed by atoms with Gasteiger partial charge in [0.15, 0.2) is 23.1 Å². The van der Waals surface area contributed by atoms with E-state index in [1.54, 1.807) is 25.1 Å². The fourth-order valence-electron chi connectivity index (χ4n) is 6.27. The van der Waals surface area contributed by atoms with Crippen LogP contribution in [0.25, 0.3) is 0 Å². The summed E-state index contributed by atoms with van der Waals surface area (Å²) in [4.78, 5) is 54.4. The van der Waals surface area contributed by atoms with Gasteiger partial charge in [-0.25, -0.2) is 0 Å². The largest absolute Gasteiger partial charge is 0.504 e. The summed E-state index contributed by atoms with van der Waals surface area (Å²) in [7, 11) is 0. The molecule has 0 bridgehead atoms. The Morgan fingerprint density at radius 1 is 1.09 bits per heavy atom. The third-order valence-corrected chi connectivity index (χ3v) is 7.74. The molecule has 0 saturated carbocycles. The number of aromatic hydroxyl groups is 1. The summed E-state index contributed by atoms with van der Waals surface area (Å²) in [5.74, 6) is -2.72. The molecule has 5 rings (SSSR count). The molecule has 7 heteroatoms. The van der Waals surface area contributed by atoms with Crippen LogP contribution < -0.4 is 4.74 Å². The van der Waals surface area contributed by atoms with Gasteiger partial charge in [0.05, 0.1) is 18.4 Å². The number of Topliss-reactive ketones (excluding diaryl/α,β-unsaturated/α-hetero) is 1. The molecule has 3 aliphatic carbocycles. The highest BCUT2D eigenvalue weighted by molar-refractivity contribution is 6.24. The molecular formula is C28H29NO6. The number of ether oxygens (including phenoxy) is 1. The van der Waals surface area contributed by atoms with Crippen molar-refractivity contribution in [3.8, 4) is 11.5 Å². The van der Waals surface area contributed by atoms with Crippen LogP contribution in [0.3, 0.4) is 0 Å². The molecule has 4 unspecified atom stereocenters. The van der Waals surface area contributed by atoms with Crippen molar-refractivity contribution >= 4 is 23.4 Å². The molecular weight excluding hydrogens is 446 g/mol. The Balaban J connectivity index is 1.69. The molecule has 1 aliphatic heterocycles. The van der Waals surface area contributed by atoms with Gasteiger partial charge in [0.1, 0.15) is 0 Å². The predicted octanol–water partition coefficient (Wildman–Crippen LogP) is 3.63. The standard InChI is InChI=1S/C28H29NO6/c1-4-11-29-27(33)17-10-9-15-18(23(17)28(29)34)13-19-20(30)12-14(3)25(31)24(19)22(15)16-7-6-8-21(26(16)32)35-5-2/h6-9,12,17-18,22-23,32H,4-5,10-11,13H2,1-3H3. The number of hydrogen-bond donors (Lipinski definition) is 1. The van der Waals surface area contributed by atoms with E-state index in [1.807, 2.05) is 19.9 Å². The summed E-state index contributed by atoms with van der Waals surface area (Å²) >= 11 is 0. The van der Waals surface area contributed by atoms with Crippen molar-refractivity contribution in [1.29, 1.82) is 0 Å². The summed E-state index contributed by atoms with van der Waals surface area (Å²) < 4.78 is 5.60. The molecule has 35 heavy (non-hydrogen) atoms. The molecule has 182 valence electrons. The van der Waals surface area contributed by atoms with E-state index in [2.05, 4.69) is 0 Å². The number of likely N-dealkylation sites (tertiary alicyclic amines) is 1. The van der Waals surface area contributed by atoms with Crippen LogP contribution in [0.5, 0.6) is 11.5 Å². The van der Waals surface area contributed by atoms with Crippen molar-refractivity contribution in [1.82, 2.24) is 4.90 Å². The lowest BCUT2D eigenvalue weighted by molar-refractivity contribution is -0.140. The maximum atomic E-state index is 13.4. The minimum atomic E-state index is -0.687. The predicted molar refractivity (Wildman–Crippen MR) is 128 cm³/mol. The molecule has 0 spiro atoms. The lowest BCUT2D eigenvalue weighted by atomic mass is 9.59. The molecule has 1 fully saturated rings. The molecule has 4 aliphatic rings. The van der Waals surface area contributed by atoms with Crippen LogP contribution in [0.2, 0.25) is 0 Å². The van der Waals surface area contributed by atoms with E-state index in [0.29, 0.717) is 54.0 Å². The lowest BCUT2D eigenvalue weighted by Gasteiger charge is -2.42. The molecule has 0 radical (unpaired) electrons. The van der Waals surface area contributed by atoms with Crippen LogP contribution in [-0.4, -0.2) is 46.5 Å². The molecule has 0 aromatic heterocycles. The van der Waals surface area contributed by atoms with Crippen LogP contribution in [0, 0.1) is 17.8 Å². The van der Waals surface area contributed by atoms with Gasteiger partial charge in [0.2, 0.25) is 11.8 Å². The first kappa shape index (κ1) is 23.3. The Morgan fingerprint density at radius 2 is 1.86 bits per heavy atom. The van der Waals surface area contributed by atoms with E-state index in [4.69, 9.17) is 4.74 Å². The number of fused-ring (bicyclic) bond motifs is 3. The Kier molecular flexibility index (Phi) is 5.74. The van der Waals surface area contributed by atoms with E-state index in [-0.39, 0.29) is 35.6 Å². The highest BCUT2D eigenvalue weighted by Crippen LogP contribution is 2.56. The van der Waals surface area contributed by atoms with Crippen molar-refractivity contribution in [3.63, 3.8) is 0 Å². The van der Waals surface area contributed by atoms with E-state index >= 15 is 0 Å². The lowest BCUT2D eigenvalue weighted by Crippen LogP contribution is -2.39. The van der Waals surface area contributed by atoms with Crippen molar-refractivity contribution < 1.29 is 29.0 Å². The third-order valence-electron chi connectivity index (χ3n) is 7.74. The van der Waals surface area contributed by atoms with Gasteiger partial charge < -0.3 is 9.84 Å². The second-order valence-electron chi connectivity index (χ2n) is 9.68. The van der Waals surface area contributed by atoms with Crippen molar-refractivity contribution in [2.24, 2.45) is 17.8 Å². The molecule has 4 atom stereocenters. The Labute approximate surface area is 204 Å². The number of benzene rings is 1. The first-order valence-corrected chi connectivity index (χ1v) is 12.3. The normalized spacial score (nSPS) is 27.9. The summed E-state index contributed by atoms with van der Waals surface area (Å²) in [5.41, 5.74) is 2.39.